The minimum atomic E-state index is -0.454. The van der Waals surface area contributed by atoms with Crippen molar-refractivity contribution in [2.24, 2.45) is 0 Å². The minimum Gasteiger partial charge on any atom is -0.443 e. The molecule has 0 saturated carbocycles. The molecule has 7 nitrogen and oxygen atoms in total. The van der Waals surface area contributed by atoms with Crippen molar-refractivity contribution in [2.75, 3.05) is 31.6 Å². The second kappa shape index (κ2) is 8.46. The Hall–Kier alpha value is -3.16. The van der Waals surface area contributed by atoms with Gasteiger partial charge in [-0.05, 0) is 24.3 Å². The van der Waals surface area contributed by atoms with E-state index in [2.05, 4.69) is 10.3 Å². The molecule has 0 spiro atoms. The highest BCUT2D eigenvalue weighted by Crippen LogP contribution is 2.29. The van der Waals surface area contributed by atoms with Crippen molar-refractivity contribution in [3.05, 3.63) is 71.2 Å². The molecule has 2 aromatic carbocycles. The number of benzene rings is 2. The predicted molar refractivity (Wildman–Crippen MR) is 108 cm³/mol. The van der Waals surface area contributed by atoms with Gasteiger partial charge in [-0.2, -0.15) is 0 Å². The van der Waals surface area contributed by atoms with Gasteiger partial charge in [-0.25, -0.2) is 4.98 Å². The molecule has 0 atom stereocenters. The molecule has 1 saturated heterocycles. The maximum atomic E-state index is 13.0. The summed E-state index contributed by atoms with van der Waals surface area (Å²) in [7, 11) is 0. The number of anilines is 1. The van der Waals surface area contributed by atoms with Gasteiger partial charge < -0.3 is 19.4 Å². The molecule has 0 radical (unpaired) electrons. The lowest BCUT2D eigenvalue weighted by molar-refractivity contribution is 0.0303. The Morgan fingerprint density at radius 2 is 1.86 bits per heavy atom. The van der Waals surface area contributed by atoms with Crippen LogP contribution in [-0.4, -0.2) is 48.0 Å². The smallest absolute Gasteiger partial charge is 0.278 e. The first kappa shape index (κ1) is 19.2. The van der Waals surface area contributed by atoms with Crippen LogP contribution < -0.4 is 5.32 Å². The molecule has 148 valence electrons. The third-order valence-electron chi connectivity index (χ3n) is 4.57. The van der Waals surface area contributed by atoms with Crippen LogP contribution in [0.5, 0.6) is 0 Å². The molecule has 8 heteroatoms. The molecular weight excluding hydrogens is 394 g/mol. The SMILES string of the molecule is O=C(Nc1cccc(Cl)c1)c1ncoc1-c1ccccc1C(=O)N1CCOCC1. The van der Waals surface area contributed by atoms with Crippen molar-refractivity contribution in [3.63, 3.8) is 0 Å². The Morgan fingerprint density at radius 1 is 1.07 bits per heavy atom. The van der Waals surface area contributed by atoms with Crippen LogP contribution >= 0.6 is 11.6 Å². The van der Waals surface area contributed by atoms with E-state index in [0.29, 0.717) is 48.1 Å². The summed E-state index contributed by atoms with van der Waals surface area (Å²) < 4.78 is 10.8. The predicted octanol–water partition coefficient (Wildman–Crippen LogP) is 3.72. The summed E-state index contributed by atoms with van der Waals surface area (Å²) in [6.45, 7) is 2.05. The number of hydrogen-bond acceptors (Lipinski definition) is 5. The van der Waals surface area contributed by atoms with Gasteiger partial charge in [0.05, 0.1) is 18.8 Å². The standard InChI is InChI=1S/C21H18ClN3O4/c22-14-4-3-5-15(12-14)24-20(26)18-19(29-13-23-18)16-6-1-2-7-17(16)21(27)25-8-10-28-11-9-25/h1-7,12-13H,8-11H2,(H,24,26). The lowest BCUT2D eigenvalue weighted by Crippen LogP contribution is -2.40. The molecule has 1 aromatic heterocycles. The van der Waals surface area contributed by atoms with Gasteiger partial charge in [-0.3, -0.25) is 9.59 Å². The minimum absolute atomic E-state index is 0.0900. The van der Waals surface area contributed by atoms with Gasteiger partial charge in [0.25, 0.3) is 11.8 Å². The highest BCUT2D eigenvalue weighted by molar-refractivity contribution is 6.31. The molecule has 0 aliphatic carbocycles. The van der Waals surface area contributed by atoms with E-state index in [4.69, 9.17) is 20.8 Å². The zero-order valence-electron chi connectivity index (χ0n) is 15.4. The van der Waals surface area contributed by atoms with E-state index in [1.807, 2.05) is 0 Å². The van der Waals surface area contributed by atoms with Crippen molar-refractivity contribution in [3.8, 4) is 11.3 Å². The number of morpholine rings is 1. The van der Waals surface area contributed by atoms with Crippen molar-refractivity contribution in [1.82, 2.24) is 9.88 Å². The van der Waals surface area contributed by atoms with Crippen LogP contribution in [0, 0.1) is 0 Å². The second-order valence-electron chi connectivity index (χ2n) is 6.44. The summed E-state index contributed by atoms with van der Waals surface area (Å²) in [6, 6.07) is 13.8. The number of amides is 2. The molecule has 1 N–H and O–H groups in total. The monoisotopic (exact) mass is 411 g/mol. The summed E-state index contributed by atoms with van der Waals surface area (Å²) in [5, 5.41) is 3.25. The fraction of sp³-hybridized carbons (Fsp3) is 0.190. The maximum absolute atomic E-state index is 13.0. The van der Waals surface area contributed by atoms with Crippen molar-refractivity contribution >= 4 is 29.1 Å². The highest BCUT2D eigenvalue weighted by Gasteiger charge is 2.26. The number of rotatable bonds is 4. The first-order chi connectivity index (χ1) is 14.1. The Morgan fingerprint density at radius 3 is 2.66 bits per heavy atom. The average Bonchev–Trinajstić information content (AvgIpc) is 3.24. The number of carbonyl (C=O) groups excluding carboxylic acids is 2. The summed E-state index contributed by atoms with van der Waals surface area (Å²) >= 11 is 5.97. The van der Waals surface area contributed by atoms with Crippen LogP contribution in [0.25, 0.3) is 11.3 Å². The van der Waals surface area contributed by atoms with Crippen LogP contribution in [0.15, 0.2) is 59.3 Å². The molecule has 4 rings (SSSR count). The molecule has 3 aromatic rings. The summed E-state index contributed by atoms with van der Waals surface area (Å²) in [4.78, 5) is 31.6. The molecule has 2 amide bonds. The molecule has 29 heavy (non-hydrogen) atoms. The first-order valence-corrected chi connectivity index (χ1v) is 9.48. The van der Waals surface area contributed by atoms with Crippen LogP contribution in [0.3, 0.4) is 0 Å². The number of ether oxygens (including phenoxy) is 1. The maximum Gasteiger partial charge on any atom is 0.278 e. The lowest BCUT2D eigenvalue weighted by atomic mass is 10.0. The number of halogens is 1. The number of hydrogen-bond donors (Lipinski definition) is 1. The molecule has 0 unspecified atom stereocenters. The van der Waals surface area contributed by atoms with Crippen LogP contribution in [0.1, 0.15) is 20.8 Å². The fourth-order valence-electron chi connectivity index (χ4n) is 3.16. The molecule has 1 aliphatic rings. The van der Waals surface area contributed by atoms with Gasteiger partial charge in [0.2, 0.25) is 0 Å². The zero-order valence-corrected chi connectivity index (χ0v) is 16.2. The number of carbonyl (C=O) groups is 2. The van der Waals surface area contributed by atoms with E-state index in [1.54, 1.807) is 53.4 Å². The van der Waals surface area contributed by atoms with Crippen LogP contribution in [0.4, 0.5) is 5.69 Å². The summed E-state index contributed by atoms with van der Waals surface area (Å²) in [5.74, 6) is -0.354. The first-order valence-electron chi connectivity index (χ1n) is 9.10. The number of aromatic nitrogens is 1. The third-order valence-corrected chi connectivity index (χ3v) is 4.80. The van der Waals surface area contributed by atoms with E-state index >= 15 is 0 Å². The normalized spacial score (nSPS) is 13.9. The summed E-state index contributed by atoms with van der Waals surface area (Å²) in [5.41, 5.74) is 1.59. The van der Waals surface area contributed by atoms with Gasteiger partial charge in [-0.15, -0.1) is 0 Å². The van der Waals surface area contributed by atoms with Crippen molar-refractivity contribution in [2.45, 2.75) is 0 Å². The summed E-state index contributed by atoms with van der Waals surface area (Å²) in [6.07, 6.45) is 1.19. The van der Waals surface area contributed by atoms with Crippen molar-refractivity contribution < 1.29 is 18.7 Å². The molecule has 2 heterocycles. The van der Waals surface area contributed by atoms with Gasteiger partial charge in [0.1, 0.15) is 0 Å². The van der Waals surface area contributed by atoms with Crippen molar-refractivity contribution in [1.29, 1.82) is 0 Å². The van der Waals surface area contributed by atoms with Gasteiger partial charge in [0.15, 0.2) is 17.8 Å². The molecule has 1 aliphatic heterocycles. The van der Waals surface area contributed by atoms with Gasteiger partial charge in [0, 0.05) is 29.4 Å². The zero-order chi connectivity index (χ0) is 20.2. The molecular formula is C21H18ClN3O4. The number of oxazole rings is 1. The number of nitrogens with one attached hydrogen (secondary N) is 1. The third kappa shape index (κ3) is 4.16. The molecule has 1 fully saturated rings. The van der Waals surface area contributed by atoms with Gasteiger partial charge >= 0.3 is 0 Å². The fourth-order valence-corrected chi connectivity index (χ4v) is 3.35. The lowest BCUT2D eigenvalue weighted by Gasteiger charge is -2.27. The Labute approximate surface area is 172 Å². The average molecular weight is 412 g/mol. The highest BCUT2D eigenvalue weighted by atomic mass is 35.5. The Balaban J connectivity index is 1.64. The second-order valence-corrected chi connectivity index (χ2v) is 6.88. The van der Waals surface area contributed by atoms with Gasteiger partial charge in [-0.1, -0.05) is 35.9 Å². The van der Waals surface area contributed by atoms with E-state index in [0.717, 1.165) is 0 Å². The van der Waals surface area contributed by atoms with E-state index in [9.17, 15) is 9.59 Å². The quantitative estimate of drug-likeness (QED) is 0.707. The van der Waals surface area contributed by atoms with Crippen LogP contribution in [-0.2, 0) is 4.74 Å². The van der Waals surface area contributed by atoms with E-state index < -0.39 is 5.91 Å². The van der Waals surface area contributed by atoms with Crippen LogP contribution in [0.2, 0.25) is 5.02 Å². The van der Waals surface area contributed by atoms with E-state index in [-0.39, 0.29) is 17.4 Å². The Bertz CT molecular complexity index is 1040. The molecule has 0 bridgehead atoms. The largest absolute Gasteiger partial charge is 0.443 e. The number of nitrogens with zero attached hydrogens (tertiary/aromatic N) is 2. The van der Waals surface area contributed by atoms with E-state index in [1.165, 1.54) is 6.39 Å². The Kier molecular flexibility index (Phi) is 5.59. The topological polar surface area (TPSA) is 84.7 Å².